The van der Waals surface area contributed by atoms with Crippen molar-refractivity contribution in [2.45, 2.75) is 19.8 Å². The lowest BCUT2D eigenvalue weighted by Gasteiger charge is -2.31. The number of rotatable bonds is 5. The fourth-order valence-electron chi connectivity index (χ4n) is 3.25. The molecule has 27 heavy (non-hydrogen) atoms. The number of aryl methyl sites for hydroxylation is 1. The molecule has 0 radical (unpaired) electrons. The molecule has 0 saturated carbocycles. The Hall–Kier alpha value is -2.74. The second kappa shape index (κ2) is 7.87. The molecule has 3 rings (SSSR count). The Kier molecular flexibility index (Phi) is 5.55. The zero-order chi connectivity index (χ0) is 19.6. The van der Waals surface area contributed by atoms with Gasteiger partial charge in [-0.05, 0) is 44.0 Å². The second-order valence-corrected chi connectivity index (χ2v) is 7.72. The topological polar surface area (TPSA) is 89.8 Å². The average molecular weight is 388 g/mol. The maximum Gasteiger partial charge on any atom is 0.283 e. The molecule has 0 N–H and O–H groups in total. The monoisotopic (exact) mass is 388 g/mol. The summed E-state index contributed by atoms with van der Waals surface area (Å²) in [6.45, 7) is 2.58. The van der Waals surface area contributed by atoms with Crippen LogP contribution in [0.1, 0.15) is 37.7 Å². The molecule has 1 fully saturated rings. The van der Waals surface area contributed by atoms with Crippen LogP contribution in [-0.4, -0.2) is 41.7 Å². The average Bonchev–Trinajstić information content (AvgIpc) is 3.09. The summed E-state index contributed by atoms with van der Waals surface area (Å²) >= 11 is 1.14. The molecule has 7 nitrogen and oxygen atoms in total. The van der Waals surface area contributed by atoms with E-state index in [0.717, 1.165) is 11.3 Å². The molecule has 1 saturated heterocycles. The highest BCUT2D eigenvalue weighted by atomic mass is 32.1. The minimum absolute atomic E-state index is 0.0204. The van der Waals surface area contributed by atoms with Gasteiger partial charge in [-0.2, -0.15) is 0 Å². The molecule has 8 heteroatoms. The van der Waals surface area contributed by atoms with Crippen molar-refractivity contribution in [2.24, 2.45) is 5.92 Å². The lowest BCUT2D eigenvalue weighted by atomic mass is 9.89. The number of carbonyl (C=O) groups excluding carboxylic acids is 2. The van der Waals surface area contributed by atoms with Gasteiger partial charge in [0.1, 0.15) is 5.75 Å². The standard InChI is InChI=1S/C19H20N2O5S/c1-12-16(21(24)25)11-17(27-12)19(23)20-9-7-14(8-10-20)18(22)13-3-5-15(26-2)6-4-13/h3-6,11,14H,7-10H2,1-2H3. The van der Waals surface area contributed by atoms with E-state index >= 15 is 0 Å². The number of hydrogen-bond acceptors (Lipinski definition) is 6. The highest BCUT2D eigenvalue weighted by Crippen LogP contribution is 2.30. The Bertz CT molecular complexity index is 867. The molecule has 0 unspecified atom stereocenters. The first-order valence-electron chi connectivity index (χ1n) is 8.63. The largest absolute Gasteiger partial charge is 0.497 e. The maximum absolute atomic E-state index is 12.7. The summed E-state index contributed by atoms with van der Waals surface area (Å²) in [5.74, 6) is 0.452. The number of nitro groups is 1. The van der Waals surface area contributed by atoms with Crippen molar-refractivity contribution in [1.82, 2.24) is 4.90 Å². The van der Waals surface area contributed by atoms with Crippen LogP contribution in [0.15, 0.2) is 30.3 Å². The van der Waals surface area contributed by atoms with Gasteiger partial charge < -0.3 is 9.64 Å². The van der Waals surface area contributed by atoms with Crippen molar-refractivity contribution in [2.75, 3.05) is 20.2 Å². The Morgan fingerprint density at radius 3 is 2.37 bits per heavy atom. The van der Waals surface area contributed by atoms with Gasteiger partial charge in [0.2, 0.25) is 0 Å². The number of ketones is 1. The van der Waals surface area contributed by atoms with Gasteiger partial charge >= 0.3 is 0 Å². The van der Waals surface area contributed by atoms with Crippen molar-refractivity contribution in [3.8, 4) is 5.75 Å². The number of methoxy groups -OCH3 is 1. The van der Waals surface area contributed by atoms with Crippen molar-refractivity contribution >= 4 is 28.7 Å². The third-order valence-corrected chi connectivity index (χ3v) is 5.85. The van der Waals surface area contributed by atoms with E-state index in [1.54, 1.807) is 43.2 Å². The number of likely N-dealkylation sites (tertiary alicyclic amines) is 1. The van der Waals surface area contributed by atoms with E-state index in [-0.39, 0.29) is 23.3 Å². The molecule has 0 aliphatic carbocycles. The van der Waals surface area contributed by atoms with E-state index < -0.39 is 4.92 Å². The van der Waals surface area contributed by atoms with Gasteiger partial charge in [0, 0.05) is 30.6 Å². The third kappa shape index (κ3) is 4.00. The van der Waals surface area contributed by atoms with Crippen LogP contribution in [0.2, 0.25) is 0 Å². The Balaban J connectivity index is 1.62. The Labute approximate surface area is 160 Å². The van der Waals surface area contributed by atoms with E-state index in [1.165, 1.54) is 6.07 Å². The minimum Gasteiger partial charge on any atom is -0.497 e. The van der Waals surface area contributed by atoms with Crippen LogP contribution in [-0.2, 0) is 0 Å². The fourth-order valence-corrected chi connectivity index (χ4v) is 4.21. The second-order valence-electron chi connectivity index (χ2n) is 6.47. The van der Waals surface area contributed by atoms with Crippen molar-refractivity contribution in [3.63, 3.8) is 0 Å². The number of piperidine rings is 1. The van der Waals surface area contributed by atoms with E-state index in [2.05, 4.69) is 0 Å². The molecular formula is C19H20N2O5S. The van der Waals surface area contributed by atoms with E-state index in [9.17, 15) is 19.7 Å². The first-order valence-corrected chi connectivity index (χ1v) is 9.44. The molecule has 2 heterocycles. The quantitative estimate of drug-likeness (QED) is 0.442. The summed E-state index contributed by atoms with van der Waals surface area (Å²) < 4.78 is 5.11. The van der Waals surface area contributed by atoms with Gasteiger partial charge in [0.15, 0.2) is 5.78 Å². The predicted molar refractivity (Wildman–Crippen MR) is 102 cm³/mol. The smallest absolute Gasteiger partial charge is 0.283 e. The summed E-state index contributed by atoms with van der Waals surface area (Å²) in [7, 11) is 1.58. The predicted octanol–water partition coefficient (Wildman–Crippen LogP) is 3.71. The minimum atomic E-state index is -0.470. The molecule has 1 aliphatic heterocycles. The molecular weight excluding hydrogens is 368 g/mol. The molecule has 1 aliphatic rings. The lowest BCUT2D eigenvalue weighted by Crippen LogP contribution is -2.40. The normalized spacial score (nSPS) is 14.8. The Morgan fingerprint density at radius 1 is 1.22 bits per heavy atom. The summed E-state index contributed by atoms with van der Waals surface area (Å²) in [5, 5.41) is 11.0. The van der Waals surface area contributed by atoms with E-state index in [1.807, 2.05) is 0 Å². The van der Waals surface area contributed by atoms with Crippen LogP contribution in [0.25, 0.3) is 0 Å². The number of Topliss-reactive ketones (excluding diaryl/α,β-unsaturated/α-hetero) is 1. The molecule has 1 aromatic heterocycles. The number of carbonyl (C=O) groups is 2. The first kappa shape index (κ1) is 19.0. The summed E-state index contributed by atoms with van der Waals surface area (Å²) in [5.41, 5.74) is 0.623. The van der Waals surface area contributed by atoms with E-state index in [4.69, 9.17) is 4.74 Å². The zero-order valence-corrected chi connectivity index (χ0v) is 16.0. The zero-order valence-electron chi connectivity index (χ0n) is 15.1. The Morgan fingerprint density at radius 2 is 1.85 bits per heavy atom. The molecule has 1 amide bonds. The van der Waals surface area contributed by atoms with Crippen molar-refractivity contribution in [3.05, 3.63) is 55.8 Å². The third-order valence-electron chi connectivity index (χ3n) is 4.83. The molecule has 0 bridgehead atoms. The number of nitrogens with zero attached hydrogens (tertiary/aromatic N) is 2. The molecule has 0 atom stereocenters. The van der Waals surface area contributed by atoms with Crippen LogP contribution in [0, 0.1) is 23.0 Å². The summed E-state index contributed by atoms with van der Waals surface area (Å²) in [6, 6.07) is 8.38. The number of amides is 1. The van der Waals surface area contributed by atoms with Gasteiger partial charge in [-0.3, -0.25) is 19.7 Å². The SMILES string of the molecule is COc1ccc(C(=O)C2CCN(C(=O)c3cc([N+](=O)[O-])c(C)s3)CC2)cc1. The molecule has 142 valence electrons. The van der Waals surface area contributed by atoms with Crippen LogP contribution < -0.4 is 4.74 Å². The maximum atomic E-state index is 12.7. The summed E-state index contributed by atoms with van der Waals surface area (Å²) in [6.07, 6.45) is 1.17. The van der Waals surface area contributed by atoms with Crippen LogP contribution in [0.4, 0.5) is 5.69 Å². The van der Waals surface area contributed by atoms with Gasteiger partial charge in [0.05, 0.1) is 21.8 Å². The number of hydrogen-bond donors (Lipinski definition) is 0. The number of benzene rings is 1. The number of thiophene rings is 1. The van der Waals surface area contributed by atoms with Gasteiger partial charge in [0.25, 0.3) is 11.6 Å². The van der Waals surface area contributed by atoms with Gasteiger partial charge in [-0.15, -0.1) is 11.3 Å². The van der Waals surface area contributed by atoms with Crippen LogP contribution >= 0.6 is 11.3 Å². The van der Waals surface area contributed by atoms with Crippen molar-refractivity contribution < 1.29 is 19.2 Å². The first-order chi connectivity index (χ1) is 12.9. The van der Waals surface area contributed by atoms with Gasteiger partial charge in [-0.1, -0.05) is 0 Å². The fraction of sp³-hybridized carbons (Fsp3) is 0.368. The molecule has 1 aromatic carbocycles. The lowest BCUT2D eigenvalue weighted by molar-refractivity contribution is -0.385. The van der Waals surface area contributed by atoms with Crippen molar-refractivity contribution in [1.29, 1.82) is 0 Å². The van der Waals surface area contributed by atoms with Gasteiger partial charge in [-0.25, -0.2) is 0 Å². The number of ether oxygens (including phenoxy) is 1. The van der Waals surface area contributed by atoms with Crippen LogP contribution in [0.5, 0.6) is 5.75 Å². The van der Waals surface area contributed by atoms with E-state index in [0.29, 0.717) is 47.0 Å². The molecule has 0 spiro atoms. The summed E-state index contributed by atoms with van der Waals surface area (Å²) in [4.78, 5) is 38.3. The highest BCUT2D eigenvalue weighted by Gasteiger charge is 2.30. The highest BCUT2D eigenvalue weighted by molar-refractivity contribution is 7.14. The molecule has 2 aromatic rings. The van der Waals surface area contributed by atoms with Crippen LogP contribution in [0.3, 0.4) is 0 Å².